The van der Waals surface area contributed by atoms with Crippen LogP contribution in [0.15, 0.2) is 0 Å². The summed E-state index contributed by atoms with van der Waals surface area (Å²) in [7, 11) is 0. The van der Waals surface area contributed by atoms with Crippen molar-refractivity contribution in [2.75, 3.05) is 13.2 Å². The first kappa shape index (κ1) is 13.8. The molecule has 0 bridgehead atoms. The number of ether oxygens (including phenoxy) is 1. The van der Waals surface area contributed by atoms with Gasteiger partial charge >= 0.3 is 0 Å². The highest BCUT2D eigenvalue weighted by atomic mass is 16.5. The van der Waals surface area contributed by atoms with Gasteiger partial charge in [-0.15, -0.1) is 0 Å². The molecule has 4 atom stereocenters. The Labute approximate surface area is 110 Å². The quantitative estimate of drug-likeness (QED) is 0.801. The summed E-state index contributed by atoms with van der Waals surface area (Å²) in [6, 6.07) is 0.181. The van der Waals surface area contributed by atoms with Gasteiger partial charge in [-0.1, -0.05) is 6.92 Å². The Morgan fingerprint density at radius 3 is 2.83 bits per heavy atom. The molecule has 18 heavy (non-hydrogen) atoms. The van der Waals surface area contributed by atoms with Crippen molar-refractivity contribution >= 4 is 5.91 Å². The van der Waals surface area contributed by atoms with Gasteiger partial charge in [0.25, 0.3) is 0 Å². The molecular formula is C14H26N2O2. The van der Waals surface area contributed by atoms with E-state index >= 15 is 0 Å². The molecular weight excluding hydrogens is 228 g/mol. The molecule has 2 fully saturated rings. The molecule has 1 aliphatic heterocycles. The van der Waals surface area contributed by atoms with Gasteiger partial charge in [0.05, 0.1) is 6.10 Å². The topological polar surface area (TPSA) is 64.3 Å². The van der Waals surface area contributed by atoms with E-state index in [1.165, 1.54) is 6.42 Å². The average Bonchev–Trinajstić information content (AvgIpc) is 2.40. The highest BCUT2D eigenvalue weighted by molar-refractivity contribution is 5.78. The Morgan fingerprint density at radius 1 is 1.33 bits per heavy atom. The largest absolute Gasteiger partial charge is 0.376 e. The summed E-state index contributed by atoms with van der Waals surface area (Å²) in [6.45, 7) is 3.68. The maximum atomic E-state index is 12.1. The molecule has 104 valence electrons. The number of carbonyl (C=O) groups is 1. The molecule has 0 aromatic rings. The van der Waals surface area contributed by atoms with Crippen LogP contribution in [0.2, 0.25) is 0 Å². The van der Waals surface area contributed by atoms with Crippen LogP contribution in [0.3, 0.4) is 0 Å². The lowest BCUT2D eigenvalue weighted by molar-refractivity contribution is -0.127. The van der Waals surface area contributed by atoms with Crippen LogP contribution in [0.4, 0.5) is 0 Å². The van der Waals surface area contributed by atoms with Crippen LogP contribution in [0.5, 0.6) is 0 Å². The molecule has 1 saturated heterocycles. The van der Waals surface area contributed by atoms with Crippen molar-refractivity contribution < 1.29 is 9.53 Å². The number of hydrogen-bond acceptors (Lipinski definition) is 3. The van der Waals surface area contributed by atoms with E-state index in [2.05, 4.69) is 12.2 Å². The minimum Gasteiger partial charge on any atom is -0.376 e. The Hall–Kier alpha value is -0.610. The van der Waals surface area contributed by atoms with Crippen molar-refractivity contribution in [1.29, 1.82) is 0 Å². The van der Waals surface area contributed by atoms with E-state index in [-0.39, 0.29) is 24.0 Å². The fourth-order valence-corrected chi connectivity index (χ4v) is 2.92. The monoisotopic (exact) mass is 254 g/mol. The lowest BCUT2D eigenvalue weighted by Crippen LogP contribution is -2.43. The van der Waals surface area contributed by atoms with Crippen LogP contribution in [0.25, 0.3) is 0 Å². The first-order chi connectivity index (χ1) is 8.66. The highest BCUT2D eigenvalue weighted by Gasteiger charge is 2.29. The Balaban J connectivity index is 1.70. The third-order valence-electron chi connectivity index (χ3n) is 4.41. The van der Waals surface area contributed by atoms with Gasteiger partial charge in [0.1, 0.15) is 0 Å². The van der Waals surface area contributed by atoms with Gasteiger partial charge in [0.15, 0.2) is 0 Å². The zero-order valence-corrected chi connectivity index (χ0v) is 11.4. The van der Waals surface area contributed by atoms with E-state index in [4.69, 9.17) is 10.5 Å². The van der Waals surface area contributed by atoms with E-state index in [1.54, 1.807) is 0 Å². The molecule has 4 nitrogen and oxygen atoms in total. The Morgan fingerprint density at radius 2 is 2.17 bits per heavy atom. The van der Waals surface area contributed by atoms with Crippen LogP contribution in [0, 0.1) is 11.8 Å². The molecule has 3 N–H and O–H groups in total. The molecule has 4 unspecified atom stereocenters. The van der Waals surface area contributed by atoms with Crippen molar-refractivity contribution in [1.82, 2.24) is 5.32 Å². The predicted molar refractivity (Wildman–Crippen MR) is 71.1 cm³/mol. The summed E-state index contributed by atoms with van der Waals surface area (Å²) in [6.07, 6.45) is 6.54. The highest BCUT2D eigenvalue weighted by Crippen LogP contribution is 2.27. The molecule has 2 rings (SSSR count). The molecule has 2 aliphatic rings. The van der Waals surface area contributed by atoms with E-state index in [9.17, 15) is 4.79 Å². The summed E-state index contributed by atoms with van der Waals surface area (Å²) in [5.74, 6) is 0.835. The summed E-state index contributed by atoms with van der Waals surface area (Å²) in [5.41, 5.74) is 6.04. The third kappa shape index (κ3) is 3.69. The second-order valence-electron chi connectivity index (χ2n) is 5.88. The zero-order valence-electron chi connectivity index (χ0n) is 11.4. The molecule has 1 aliphatic carbocycles. The SMILES string of the molecule is CC1CCC(C(=O)NCC2CCCCO2)CC1N. The van der Waals surface area contributed by atoms with Crippen LogP contribution < -0.4 is 11.1 Å². The van der Waals surface area contributed by atoms with Gasteiger partial charge in [0, 0.05) is 25.1 Å². The summed E-state index contributed by atoms with van der Waals surface area (Å²) in [4.78, 5) is 12.1. The number of amides is 1. The number of nitrogens with one attached hydrogen (secondary N) is 1. The van der Waals surface area contributed by atoms with Crippen molar-refractivity contribution in [3.63, 3.8) is 0 Å². The summed E-state index contributed by atoms with van der Waals surface area (Å²) >= 11 is 0. The minimum absolute atomic E-state index is 0.111. The van der Waals surface area contributed by atoms with Gasteiger partial charge in [-0.3, -0.25) is 4.79 Å². The van der Waals surface area contributed by atoms with Gasteiger partial charge < -0.3 is 15.8 Å². The average molecular weight is 254 g/mol. The van der Waals surface area contributed by atoms with Crippen molar-refractivity contribution in [2.45, 2.75) is 57.6 Å². The molecule has 0 aromatic heterocycles. The molecule has 1 amide bonds. The predicted octanol–water partition coefficient (Wildman–Crippen LogP) is 1.44. The van der Waals surface area contributed by atoms with Crippen molar-refractivity contribution in [2.24, 2.45) is 17.6 Å². The van der Waals surface area contributed by atoms with Gasteiger partial charge in [-0.2, -0.15) is 0 Å². The van der Waals surface area contributed by atoms with Crippen LogP contribution in [-0.4, -0.2) is 31.2 Å². The standard InChI is InChI=1S/C14H26N2O2/c1-10-5-6-11(8-13(10)15)14(17)16-9-12-4-2-3-7-18-12/h10-13H,2-9,15H2,1H3,(H,16,17). The molecule has 4 heteroatoms. The van der Waals surface area contributed by atoms with Crippen molar-refractivity contribution in [3.8, 4) is 0 Å². The van der Waals surface area contributed by atoms with Crippen LogP contribution >= 0.6 is 0 Å². The van der Waals surface area contributed by atoms with E-state index in [1.807, 2.05) is 0 Å². The molecule has 0 spiro atoms. The molecule has 1 heterocycles. The Bertz CT molecular complexity index is 277. The van der Waals surface area contributed by atoms with Crippen LogP contribution in [-0.2, 0) is 9.53 Å². The van der Waals surface area contributed by atoms with E-state index < -0.39 is 0 Å². The second kappa shape index (κ2) is 6.53. The zero-order chi connectivity index (χ0) is 13.0. The number of hydrogen-bond donors (Lipinski definition) is 2. The lowest BCUT2D eigenvalue weighted by atomic mass is 9.79. The molecule has 0 radical (unpaired) electrons. The van der Waals surface area contributed by atoms with Gasteiger partial charge in [-0.05, 0) is 44.4 Å². The maximum absolute atomic E-state index is 12.1. The first-order valence-corrected chi connectivity index (χ1v) is 7.31. The summed E-state index contributed by atoms with van der Waals surface area (Å²) in [5, 5.41) is 3.04. The smallest absolute Gasteiger partial charge is 0.223 e. The normalized spacial score (nSPS) is 37.2. The van der Waals surface area contributed by atoms with E-state index in [0.29, 0.717) is 12.5 Å². The third-order valence-corrected chi connectivity index (χ3v) is 4.41. The Kier molecular flexibility index (Phi) is 5.01. The minimum atomic E-state index is 0.111. The van der Waals surface area contributed by atoms with Gasteiger partial charge in [0.2, 0.25) is 5.91 Å². The second-order valence-corrected chi connectivity index (χ2v) is 5.88. The fraction of sp³-hybridized carbons (Fsp3) is 0.929. The lowest BCUT2D eigenvalue weighted by Gasteiger charge is -2.31. The molecule has 1 saturated carbocycles. The summed E-state index contributed by atoms with van der Waals surface area (Å²) < 4.78 is 5.61. The fourth-order valence-electron chi connectivity index (χ4n) is 2.92. The van der Waals surface area contributed by atoms with E-state index in [0.717, 1.165) is 38.7 Å². The maximum Gasteiger partial charge on any atom is 0.223 e. The first-order valence-electron chi connectivity index (χ1n) is 7.31. The van der Waals surface area contributed by atoms with Gasteiger partial charge in [-0.25, -0.2) is 0 Å². The van der Waals surface area contributed by atoms with Crippen LogP contribution in [0.1, 0.15) is 45.4 Å². The number of rotatable bonds is 3. The number of nitrogens with two attached hydrogens (primary N) is 1. The van der Waals surface area contributed by atoms with Crippen molar-refractivity contribution in [3.05, 3.63) is 0 Å². The molecule has 0 aromatic carbocycles. The number of carbonyl (C=O) groups excluding carboxylic acids is 1.